The van der Waals surface area contributed by atoms with E-state index in [0.29, 0.717) is 12.1 Å². The number of aromatic amines is 1. The molecule has 126 valence electrons. The number of nitrogens with one attached hydrogen (secondary N) is 1. The molecule has 0 saturated heterocycles. The maximum atomic E-state index is 9.85. The number of fused-ring (bicyclic) bond motifs is 2. The SMILES string of the molecule is O[n+]1cccc2cc(Cc3nnc4ccc(-c5cn[nH]c5)nn34)ccc21. The minimum Gasteiger partial charge on any atom is -0.285 e. The van der Waals surface area contributed by atoms with E-state index in [1.54, 1.807) is 29.2 Å². The Bertz CT molecular complexity index is 1230. The summed E-state index contributed by atoms with van der Waals surface area (Å²) in [6.07, 6.45) is 5.71. The van der Waals surface area contributed by atoms with Crippen LogP contribution in [-0.2, 0) is 6.42 Å². The van der Waals surface area contributed by atoms with Crippen LogP contribution in [0.2, 0.25) is 0 Å². The van der Waals surface area contributed by atoms with Gasteiger partial charge in [-0.15, -0.1) is 10.2 Å². The standard InChI is InChI=1S/C18H14N7O/c26-24-7-1-2-13-8-12(3-5-16(13)24)9-18-22-21-17-6-4-15(23-25(17)18)14-10-19-20-11-14/h1-8,10-11,26H,9H2,(H,19,20)/q+1. The van der Waals surface area contributed by atoms with E-state index < -0.39 is 0 Å². The van der Waals surface area contributed by atoms with Crippen LogP contribution in [0.5, 0.6) is 0 Å². The van der Waals surface area contributed by atoms with Gasteiger partial charge in [-0.2, -0.15) is 14.7 Å². The predicted molar refractivity (Wildman–Crippen MR) is 92.5 cm³/mol. The molecule has 0 saturated carbocycles. The molecule has 0 aliphatic carbocycles. The monoisotopic (exact) mass is 344 g/mol. The van der Waals surface area contributed by atoms with E-state index in [1.807, 2.05) is 36.4 Å². The van der Waals surface area contributed by atoms with Crippen LogP contribution in [0.15, 0.2) is 61.1 Å². The van der Waals surface area contributed by atoms with Gasteiger partial charge >= 0.3 is 0 Å². The summed E-state index contributed by atoms with van der Waals surface area (Å²) in [5.74, 6) is 0.748. The van der Waals surface area contributed by atoms with Crippen LogP contribution >= 0.6 is 0 Å². The van der Waals surface area contributed by atoms with Gasteiger partial charge in [-0.25, -0.2) is 0 Å². The number of pyridine rings is 1. The summed E-state index contributed by atoms with van der Waals surface area (Å²) in [5.41, 5.74) is 4.22. The number of H-pyrrole nitrogens is 1. The highest BCUT2D eigenvalue weighted by Crippen LogP contribution is 2.18. The summed E-state index contributed by atoms with van der Waals surface area (Å²) < 4.78 is 2.87. The third-order valence-corrected chi connectivity index (χ3v) is 4.33. The molecular formula is C18H14N7O+. The Morgan fingerprint density at radius 3 is 2.96 bits per heavy atom. The highest BCUT2D eigenvalue weighted by Gasteiger charge is 2.12. The zero-order valence-electron chi connectivity index (χ0n) is 13.6. The van der Waals surface area contributed by atoms with Gasteiger partial charge < -0.3 is 0 Å². The van der Waals surface area contributed by atoms with E-state index in [9.17, 15) is 5.21 Å². The van der Waals surface area contributed by atoms with Gasteiger partial charge in [-0.3, -0.25) is 10.3 Å². The van der Waals surface area contributed by atoms with Gasteiger partial charge in [0.2, 0.25) is 6.20 Å². The third-order valence-electron chi connectivity index (χ3n) is 4.33. The van der Waals surface area contributed by atoms with Gasteiger partial charge in [0.1, 0.15) is 0 Å². The second-order valence-corrected chi connectivity index (χ2v) is 6.01. The summed E-state index contributed by atoms with van der Waals surface area (Å²) in [4.78, 5) is 0. The molecule has 0 unspecified atom stereocenters. The van der Waals surface area contributed by atoms with Crippen molar-refractivity contribution >= 4 is 16.6 Å². The first-order valence-corrected chi connectivity index (χ1v) is 8.11. The number of hydrogen-bond donors (Lipinski definition) is 2. The average Bonchev–Trinajstić information content (AvgIpc) is 3.32. The van der Waals surface area contributed by atoms with Crippen LogP contribution in [-0.4, -0.2) is 35.2 Å². The third kappa shape index (κ3) is 2.35. The molecular weight excluding hydrogens is 330 g/mol. The molecule has 0 radical (unpaired) electrons. The summed E-state index contributed by atoms with van der Waals surface area (Å²) in [5, 5.41) is 30.7. The quantitative estimate of drug-likeness (QED) is 0.384. The Balaban J connectivity index is 1.56. The number of hydrogen-bond acceptors (Lipinski definition) is 5. The molecule has 0 aliphatic heterocycles. The Labute approximate surface area is 147 Å². The van der Waals surface area contributed by atoms with Gasteiger partial charge in [0.05, 0.1) is 17.3 Å². The van der Waals surface area contributed by atoms with E-state index in [1.165, 1.54) is 0 Å². The van der Waals surface area contributed by atoms with E-state index in [4.69, 9.17) is 0 Å². The maximum absolute atomic E-state index is 9.85. The van der Waals surface area contributed by atoms with E-state index in [2.05, 4.69) is 25.5 Å². The lowest BCUT2D eigenvalue weighted by Crippen LogP contribution is -2.29. The predicted octanol–water partition coefficient (Wildman–Crippen LogP) is 1.78. The number of nitrogens with zero attached hydrogens (tertiary/aromatic N) is 6. The smallest absolute Gasteiger partial charge is 0.264 e. The zero-order chi connectivity index (χ0) is 17.5. The Morgan fingerprint density at radius 1 is 1.12 bits per heavy atom. The first kappa shape index (κ1) is 14.5. The second-order valence-electron chi connectivity index (χ2n) is 6.01. The van der Waals surface area contributed by atoms with Crippen molar-refractivity contribution < 1.29 is 9.94 Å². The molecule has 0 fully saturated rings. The largest absolute Gasteiger partial charge is 0.285 e. The van der Waals surface area contributed by atoms with E-state index >= 15 is 0 Å². The van der Waals surface area contributed by atoms with Gasteiger partial charge in [0, 0.05) is 35.0 Å². The first-order chi connectivity index (χ1) is 12.8. The summed E-state index contributed by atoms with van der Waals surface area (Å²) in [6.45, 7) is 0. The molecule has 0 bridgehead atoms. The van der Waals surface area contributed by atoms with Crippen molar-refractivity contribution in [3.05, 3.63) is 72.4 Å². The van der Waals surface area contributed by atoms with Crippen LogP contribution in [0.25, 0.3) is 27.8 Å². The lowest BCUT2D eigenvalue weighted by molar-refractivity contribution is -0.884. The molecule has 8 nitrogen and oxygen atoms in total. The molecule has 0 spiro atoms. The van der Waals surface area contributed by atoms with Crippen molar-refractivity contribution in [3.63, 3.8) is 0 Å². The Morgan fingerprint density at radius 2 is 2.08 bits per heavy atom. The minimum absolute atomic E-state index is 0.583. The van der Waals surface area contributed by atoms with Gasteiger partial charge in [-0.1, -0.05) is 6.07 Å². The fourth-order valence-electron chi connectivity index (χ4n) is 3.04. The highest BCUT2D eigenvalue weighted by atomic mass is 16.5. The topological polar surface area (TPSA) is 95.9 Å². The van der Waals surface area contributed by atoms with E-state index in [0.717, 1.165) is 38.3 Å². The van der Waals surface area contributed by atoms with Crippen molar-refractivity contribution in [2.24, 2.45) is 0 Å². The molecule has 0 amide bonds. The molecule has 4 heterocycles. The Kier molecular flexibility index (Phi) is 3.14. The average molecular weight is 344 g/mol. The summed E-state index contributed by atoms with van der Waals surface area (Å²) >= 11 is 0. The molecule has 0 atom stereocenters. The van der Waals surface area contributed by atoms with Gasteiger partial charge in [0.15, 0.2) is 11.5 Å². The van der Waals surface area contributed by atoms with Crippen molar-refractivity contribution in [2.45, 2.75) is 6.42 Å². The summed E-state index contributed by atoms with van der Waals surface area (Å²) in [7, 11) is 0. The second kappa shape index (κ2) is 5.62. The maximum Gasteiger partial charge on any atom is 0.264 e. The van der Waals surface area contributed by atoms with Crippen LogP contribution in [0.3, 0.4) is 0 Å². The van der Waals surface area contributed by atoms with Crippen molar-refractivity contribution in [2.75, 3.05) is 0 Å². The zero-order valence-corrected chi connectivity index (χ0v) is 13.6. The number of aromatic nitrogens is 7. The van der Waals surface area contributed by atoms with Gasteiger partial charge in [0.25, 0.3) is 5.52 Å². The molecule has 1 aromatic carbocycles. The van der Waals surface area contributed by atoms with Crippen molar-refractivity contribution in [1.29, 1.82) is 0 Å². The molecule has 2 N–H and O–H groups in total. The molecule has 5 aromatic rings. The number of benzene rings is 1. The molecule has 26 heavy (non-hydrogen) atoms. The lowest BCUT2D eigenvalue weighted by Gasteiger charge is -2.03. The van der Waals surface area contributed by atoms with Crippen LogP contribution in [0.4, 0.5) is 0 Å². The van der Waals surface area contributed by atoms with Crippen LogP contribution < -0.4 is 4.73 Å². The van der Waals surface area contributed by atoms with Crippen molar-refractivity contribution in [3.8, 4) is 11.3 Å². The fourth-order valence-corrected chi connectivity index (χ4v) is 3.04. The van der Waals surface area contributed by atoms with Crippen molar-refractivity contribution in [1.82, 2.24) is 30.0 Å². The summed E-state index contributed by atoms with van der Waals surface area (Å²) in [6, 6.07) is 13.4. The number of rotatable bonds is 3. The fraction of sp³-hybridized carbons (Fsp3) is 0.0556. The minimum atomic E-state index is 0.583. The van der Waals surface area contributed by atoms with Gasteiger partial charge in [-0.05, 0) is 29.8 Å². The lowest BCUT2D eigenvalue weighted by atomic mass is 10.1. The van der Waals surface area contributed by atoms with E-state index in [-0.39, 0.29) is 0 Å². The van der Waals surface area contributed by atoms with Crippen LogP contribution in [0, 0.1) is 0 Å². The Hall–Kier alpha value is -3.81. The molecule has 4 aromatic heterocycles. The molecule has 0 aliphatic rings. The first-order valence-electron chi connectivity index (χ1n) is 8.11. The molecule has 5 rings (SSSR count). The van der Waals surface area contributed by atoms with Crippen LogP contribution in [0.1, 0.15) is 11.4 Å². The highest BCUT2D eigenvalue weighted by molar-refractivity contribution is 5.76. The normalized spacial score (nSPS) is 11.4. The molecule has 8 heteroatoms.